The number of nitrogens with zero attached hydrogens (tertiary/aromatic N) is 1. The van der Waals surface area contributed by atoms with Crippen LogP contribution in [0.2, 0.25) is 0 Å². The van der Waals surface area contributed by atoms with E-state index in [1.807, 2.05) is 12.1 Å². The highest BCUT2D eigenvalue weighted by molar-refractivity contribution is 6.01. The smallest absolute Gasteiger partial charge is 0.335 e. The molecule has 6 heteroatoms. The number of carboxylic acid groups (broad SMARTS) is 1. The Morgan fingerprint density at radius 3 is 2.49 bits per heavy atom. The molecule has 0 saturated carbocycles. The number of aromatic carboxylic acids is 1. The van der Waals surface area contributed by atoms with Gasteiger partial charge in [-0.3, -0.25) is 4.39 Å². The minimum atomic E-state index is -2.60. The van der Waals surface area contributed by atoms with E-state index in [4.69, 9.17) is 0 Å². The molecule has 2 aliphatic rings. The van der Waals surface area contributed by atoms with Crippen molar-refractivity contribution in [1.82, 2.24) is 4.90 Å². The second-order valence-electron chi connectivity index (χ2n) is 10.8. The van der Waals surface area contributed by atoms with Crippen molar-refractivity contribution in [3.8, 4) is 0 Å². The van der Waals surface area contributed by atoms with Gasteiger partial charge in [0.05, 0.1) is 12.2 Å². The summed E-state index contributed by atoms with van der Waals surface area (Å²) < 4.78 is 41.1. The first-order valence-corrected chi connectivity index (χ1v) is 13.7. The van der Waals surface area contributed by atoms with E-state index < -0.39 is 12.4 Å². The first-order chi connectivity index (χ1) is 18.9. The molecule has 39 heavy (non-hydrogen) atoms. The third-order valence-electron chi connectivity index (χ3n) is 8.07. The van der Waals surface area contributed by atoms with E-state index in [1.54, 1.807) is 31.2 Å². The van der Waals surface area contributed by atoms with Gasteiger partial charge in [-0.15, -0.1) is 0 Å². The van der Waals surface area contributed by atoms with E-state index >= 15 is 0 Å². The molecule has 204 valence electrons. The van der Waals surface area contributed by atoms with Gasteiger partial charge in [-0.2, -0.15) is 0 Å². The van der Waals surface area contributed by atoms with Crippen LogP contribution in [0, 0.1) is 12.8 Å². The van der Waals surface area contributed by atoms with Crippen LogP contribution in [-0.2, 0) is 12.8 Å². The highest BCUT2D eigenvalue weighted by Crippen LogP contribution is 2.43. The van der Waals surface area contributed by atoms with Crippen molar-refractivity contribution in [3.63, 3.8) is 0 Å². The van der Waals surface area contributed by atoms with Crippen molar-refractivity contribution < 1.29 is 23.1 Å². The lowest BCUT2D eigenvalue weighted by molar-refractivity contribution is 0.0696. The van der Waals surface area contributed by atoms with Crippen LogP contribution in [0.4, 0.5) is 13.2 Å². The van der Waals surface area contributed by atoms with Gasteiger partial charge in [-0.1, -0.05) is 48.5 Å². The molecule has 0 atom stereocenters. The Labute approximate surface area is 228 Å². The molecule has 3 aromatic carbocycles. The Hall–Kier alpha value is -3.38. The van der Waals surface area contributed by atoms with Gasteiger partial charge in [0, 0.05) is 25.2 Å². The summed E-state index contributed by atoms with van der Waals surface area (Å²) in [5.41, 5.74) is 7.22. The summed E-state index contributed by atoms with van der Waals surface area (Å²) in [6.07, 6.45) is 0.977. The van der Waals surface area contributed by atoms with Crippen LogP contribution in [0.15, 0.2) is 60.7 Å². The van der Waals surface area contributed by atoms with E-state index in [-0.39, 0.29) is 17.8 Å². The SMILES string of the molecule is Cc1cccc(C2=C(c3ccc(CC4CN(CCCF)C4)cc3)c3ccc(C(=O)O)cc3CCC2)c1C(F)F. The molecule has 1 N–H and O–H groups in total. The third-order valence-corrected chi connectivity index (χ3v) is 8.07. The summed E-state index contributed by atoms with van der Waals surface area (Å²) in [6, 6.07) is 18.9. The number of aryl methyl sites for hydroxylation is 2. The van der Waals surface area contributed by atoms with Crippen molar-refractivity contribution in [2.24, 2.45) is 5.92 Å². The molecule has 1 aliphatic heterocycles. The Balaban J connectivity index is 1.55. The summed E-state index contributed by atoms with van der Waals surface area (Å²) >= 11 is 0. The molecule has 0 aromatic heterocycles. The van der Waals surface area contributed by atoms with Crippen LogP contribution >= 0.6 is 0 Å². The molecule has 0 unspecified atom stereocenters. The number of likely N-dealkylation sites (tertiary alicyclic amines) is 1. The molecule has 0 radical (unpaired) electrons. The van der Waals surface area contributed by atoms with E-state index in [9.17, 15) is 23.1 Å². The van der Waals surface area contributed by atoms with Gasteiger partial charge in [-0.05, 0) is 102 Å². The molecule has 0 amide bonds. The average molecular weight is 534 g/mol. The van der Waals surface area contributed by atoms with Crippen LogP contribution in [0.5, 0.6) is 0 Å². The number of allylic oxidation sites excluding steroid dienone is 1. The molecule has 0 bridgehead atoms. The van der Waals surface area contributed by atoms with E-state index in [2.05, 4.69) is 29.2 Å². The molecule has 3 aromatic rings. The largest absolute Gasteiger partial charge is 0.478 e. The first kappa shape index (κ1) is 27.2. The van der Waals surface area contributed by atoms with Crippen molar-refractivity contribution in [3.05, 3.63) is 105 Å². The zero-order valence-electron chi connectivity index (χ0n) is 22.2. The molecule has 1 aliphatic carbocycles. The summed E-state index contributed by atoms with van der Waals surface area (Å²) in [4.78, 5) is 14.0. The molecular formula is C33H34F3NO2. The van der Waals surface area contributed by atoms with Crippen LogP contribution in [0.1, 0.15) is 75.0 Å². The van der Waals surface area contributed by atoms with Gasteiger partial charge in [-0.25, -0.2) is 13.6 Å². The fourth-order valence-corrected chi connectivity index (χ4v) is 6.17. The summed E-state index contributed by atoms with van der Waals surface area (Å²) in [7, 11) is 0. The summed E-state index contributed by atoms with van der Waals surface area (Å²) in [5, 5.41) is 9.57. The minimum absolute atomic E-state index is 0.0644. The maximum atomic E-state index is 14.3. The molecule has 1 fully saturated rings. The van der Waals surface area contributed by atoms with Crippen LogP contribution < -0.4 is 0 Å². The quantitative estimate of drug-likeness (QED) is 0.306. The highest BCUT2D eigenvalue weighted by Gasteiger charge is 2.27. The topological polar surface area (TPSA) is 40.5 Å². The lowest BCUT2D eigenvalue weighted by Crippen LogP contribution is -2.47. The van der Waals surface area contributed by atoms with Gasteiger partial charge in [0.2, 0.25) is 0 Å². The number of halogens is 3. The van der Waals surface area contributed by atoms with Crippen molar-refractivity contribution >= 4 is 17.1 Å². The normalized spacial score (nSPS) is 16.2. The number of hydrogen-bond acceptors (Lipinski definition) is 2. The van der Waals surface area contributed by atoms with Crippen molar-refractivity contribution in [2.75, 3.05) is 26.3 Å². The number of carboxylic acids is 1. The predicted molar refractivity (Wildman–Crippen MR) is 149 cm³/mol. The lowest BCUT2D eigenvalue weighted by atomic mass is 9.84. The first-order valence-electron chi connectivity index (χ1n) is 13.7. The predicted octanol–water partition coefficient (Wildman–Crippen LogP) is 7.76. The van der Waals surface area contributed by atoms with Gasteiger partial charge in [0.15, 0.2) is 0 Å². The minimum Gasteiger partial charge on any atom is -0.478 e. The Kier molecular flexibility index (Phi) is 8.22. The van der Waals surface area contributed by atoms with Gasteiger partial charge in [0.1, 0.15) is 0 Å². The fraction of sp³-hybridized carbons (Fsp3) is 0.364. The second kappa shape index (κ2) is 11.8. The standard InChI is InChI=1S/C33H34F3NO2/c1-21-5-2-7-28(30(21)32(35)36)29-8-3-6-25-18-26(33(38)39)13-14-27(25)31(29)24-11-9-22(10-12-24)17-23-19-37(20-23)16-4-15-34/h2,5,7,9-14,18,23,32H,3-4,6,8,15-17,19-20H2,1H3,(H,38,39). The van der Waals surface area contributed by atoms with Gasteiger partial charge >= 0.3 is 5.97 Å². The fourth-order valence-electron chi connectivity index (χ4n) is 6.17. The number of carbonyl (C=O) groups is 1. The maximum Gasteiger partial charge on any atom is 0.335 e. The number of fused-ring (bicyclic) bond motifs is 1. The van der Waals surface area contributed by atoms with Gasteiger partial charge < -0.3 is 10.0 Å². The van der Waals surface area contributed by atoms with E-state index in [0.29, 0.717) is 36.3 Å². The Bertz CT molecular complexity index is 1370. The zero-order valence-corrected chi connectivity index (χ0v) is 22.2. The summed E-state index contributed by atoms with van der Waals surface area (Å²) in [6.45, 7) is 4.23. The Morgan fingerprint density at radius 1 is 1.03 bits per heavy atom. The average Bonchev–Trinajstić information content (AvgIpc) is 3.09. The van der Waals surface area contributed by atoms with Crippen LogP contribution in [0.25, 0.3) is 11.1 Å². The van der Waals surface area contributed by atoms with E-state index in [1.165, 1.54) is 5.56 Å². The lowest BCUT2D eigenvalue weighted by Gasteiger charge is -2.39. The van der Waals surface area contributed by atoms with Gasteiger partial charge in [0.25, 0.3) is 6.43 Å². The number of alkyl halides is 3. The molecule has 3 nitrogen and oxygen atoms in total. The van der Waals surface area contributed by atoms with Crippen molar-refractivity contribution in [2.45, 2.75) is 45.5 Å². The summed E-state index contributed by atoms with van der Waals surface area (Å²) in [5.74, 6) is -0.422. The van der Waals surface area contributed by atoms with Crippen molar-refractivity contribution in [1.29, 1.82) is 0 Å². The monoisotopic (exact) mass is 533 g/mol. The highest BCUT2D eigenvalue weighted by atomic mass is 19.3. The molecular weight excluding hydrogens is 499 g/mol. The number of hydrogen-bond donors (Lipinski definition) is 1. The molecule has 1 heterocycles. The number of rotatable bonds is 9. The molecule has 0 spiro atoms. The third kappa shape index (κ3) is 5.81. The zero-order chi connectivity index (χ0) is 27.5. The van der Waals surface area contributed by atoms with E-state index in [0.717, 1.165) is 60.3 Å². The number of benzene rings is 3. The maximum absolute atomic E-state index is 14.3. The molecule has 1 saturated heterocycles. The van der Waals surface area contributed by atoms with Crippen LogP contribution in [-0.4, -0.2) is 42.3 Å². The Morgan fingerprint density at radius 2 is 1.79 bits per heavy atom. The molecule has 5 rings (SSSR count). The second-order valence-corrected chi connectivity index (χ2v) is 10.8. The van der Waals surface area contributed by atoms with Crippen LogP contribution in [0.3, 0.4) is 0 Å².